The maximum atomic E-state index is 11.0. The van der Waals surface area contributed by atoms with Gasteiger partial charge in [0.05, 0.1) is 0 Å². The zero-order valence-corrected chi connectivity index (χ0v) is 7.67. The summed E-state index contributed by atoms with van der Waals surface area (Å²) < 4.78 is 5.13. The fourth-order valence-electron chi connectivity index (χ4n) is 1.80. The molecular formula is C11H12O2. The molecule has 0 atom stereocenters. The highest BCUT2D eigenvalue weighted by molar-refractivity contribution is 5.88. The van der Waals surface area contributed by atoms with E-state index >= 15 is 0 Å². The largest absolute Gasteiger partial charge is 0.423 e. The van der Waals surface area contributed by atoms with Gasteiger partial charge >= 0.3 is 5.97 Å². The maximum Gasteiger partial charge on any atom is 0.336 e. The fourth-order valence-corrected chi connectivity index (χ4v) is 1.80. The molecule has 13 heavy (non-hydrogen) atoms. The molecule has 0 aromatic rings. The number of esters is 1. The quantitative estimate of drug-likeness (QED) is 0.574. The van der Waals surface area contributed by atoms with Crippen LogP contribution in [0.1, 0.15) is 26.2 Å². The van der Waals surface area contributed by atoms with E-state index in [1.807, 2.05) is 19.1 Å². The Morgan fingerprint density at radius 3 is 3.08 bits per heavy atom. The van der Waals surface area contributed by atoms with E-state index in [-0.39, 0.29) is 5.97 Å². The molecule has 1 aliphatic heterocycles. The van der Waals surface area contributed by atoms with Crippen molar-refractivity contribution in [1.29, 1.82) is 0 Å². The average molecular weight is 176 g/mol. The van der Waals surface area contributed by atoms with Gasteiger partial charge in [0.2, 0.25) is 0 Å². The minimum absolute atomic E-state index is 0.214. The van der Waals surface area contributed by atoms with Crippen molar-refractivity contribution in [2.24, 2.45) is 0 Å². The number of fused-ring (bicyclic) bond motifs is 1. The second-order valence-electron chi connectivity index (χ2n) is 3.30. The van der Waals surface area contributed by atoms with Crippen LogP contribution in [0, 0.1) is 0 Å². The van der Waals surface area contributed by atoms with E-state index in [9.17, 15) is 4.79 Å². The number of hydrogen-bond acceptors (Lipinski definition) is 2. The minimum Gasteiger partial charge on any atom is -0.423 e. The first-order chi connectivity index (χ1) is 6.31. The standard InChI is InChI=1S/C11H12O2/c1-2-4-8-5-3-6-9-7-10(12)13-11(8)9/h2,4,7H,3,5-6H2,1H3/b4-2+. The number of rotatable bonds is 1. The molecule has 0 fully saturated rings. The topological polar surface area (TPSA) is 26.3 Å². The van der Waals surface area contributed by atoms with Crippen molar-refractivity contribution in [3.8, 4) is 0 Å². The van der Waals surface area contributed by atoms with Crippen molar-refractivity contribution in [2.75, 3.05) is 0 Å². The Morgan fingerprint density at radius 2 is 2.31 bits per heavy atom. The molecule has 0 N–H and O–H groups in total. The van der Waals surface area contributed by atoms with Crippen molar-refractivity contribution in [1.82, 2.24) is 0 Å². The van der Waals surface area contributed by atoms with Crippen LogP contribution in [-0.2, 0) is 9.53 Å². The smallest absolute Gasteiger partial charge is 0.336 e. The third kappa shape index (κ3) is 1.44. The van der Waals surface area contributed by atoms with Crippen molar-refractivity contribution in [2.45, 2.75) is 26.2 Å². The molecule has 68 valence electrons. The summed E-state index contributed by atoms with van der Waals surface area (Å²) in [5.74, 6) is 0.600. The summed E-state index contributed by atoms with van der Waals surface area (Å²) >= 11 is 0. The maximum absolute atomic E-state index is 11.0. The molecule has 2 rings (SSSR count). The van der Waals surface area contributed by atoms with Gasteiger partial charge in [0, 0.05) is 11.6 Å². The lowest BCUT2D eigenvalue weighted by atomic mass is 9.94. The number of carbonyl (C=O) groups is 1. The first-order valence-corrected chi connectivity index (χ1v) is 4.60. The summed E-state index contributed by atoms with van der Waals surface area (Å²) in [6, 6.07) is 0. The van der Waals surface area contributed by atoms with Gasteiger partial charge in [-0.1, -0.05) is 12.2 Å². The minimum atomic E-state index is -0.214. The molecule has 0 amide bonds. The zero-order valence-electron chi connectivity index (χ0n) is 7.67. The molecule has 0 unspecified atom stereocenters. The zero-order chi connectivity index (χ0) is 9.26. The third-order valence-corrected chi connectivity index (χ3v) is 2.34. The van der Waals surface area contributed by atoms with Gasteiger partial charge in [-0.3, -0.25) is 0 Å². The van der Waals surface area contributed by atoms with Gasteiger partial charge in [-0.2, -0.15) is 0 Å². The van der Waals surface area contributed by atoms with Gasteiger partial charge < -0.3 is 4.74 Å². The van der Waals surface area contributed by atoms with Crippen LogP contribution >= 0.6 is 0 Å². The molecule has 0 aromatic carbocycles. The predicted molar refractivity (Wildman–Crippen MR) is 49.9 cm³/mol. The lowest BCUT2D eigenvalue weighted by Gasteiger charge is -2.14. The summed E-state index contributed by atoms with van der Waals surface area (Å²) in [6.07, 6.45) is 8.73. The number of allylic oxidation sites excluding steroid dienone is 4. The van der Waals surface area contributed by atoms with Crippen molar-refractivity contribution in [3.63, 3.8) is 0 Å². The van der Waals surface area contributed by atoms with Gasteiger partial charge in [0.15, 0.2) is 0 Å². The molecule has 2 nitrogen and oxygen atoms in total. The Bertz CT molecular complexity index is 332. The number of carbonyl (C=O) groups excluding carboxylic acids is 1. The van der Waals surface area contributed by atoms with Gasteiger partial charge in [0.1, 0.15) is 5.76 Å². The van der Waals surface area contributed by atoms with E-state index in [2.05, 4.69) is 0 Å². The Labute approximate surface area is 77.6 Å². The summed E-state index contributed by atoms with van der Waals surface area (Å²) in [5, 5.41) is 0. The first-order valence-electron chi connectivity index (χ1n) is 4.60. The second-order valence-corrected chi connectivity index (χ2v) is 3.30. The Balaban J connectivity index is 2.40. The molecule has 0 saturated carbocycles. The van der Waals surface area contributed by atoms with E-state index in [0.717, 1.165) is 36.2 Å². The highest BCUT2D eigenvalue weighted by Crippen LogP contribution is 2.34. The van der Waals surface area contributed by atoms with Gasteiger partial charge in [-0.15, -0.1) is 0 Å². The molecule has 0 radical (unpaired) electrons. The Kier molecular flexibility index (Phi) is 2.05. The summed E-state index contributed by atoms with van der Waals surface area (Å²) in [7, 11) is 0. The normalized spacial score (nSPS) is 21.9. The molecule has 0 saturated heterocycles. The Hall–Kier alpha value is -1.31. The monoisotopic (exact) mass is 176 g/mol. The van der Waals surface area contributed by atoms with Crippen molar-refractivity contribution in [3.05, 3.63) is 35.1 Å². The highest BCUT2D eigenvalue weighted by Gasteiger charge is 2.25. The van der Waals surface area contributed by atoms with Crippen LogP contribution in [-0.4, -0.2) is 5.97 Å². The van der Waals surface area contributed by atoms with Crippen LogP contribution in [0.4, 0.5) is 0 Å². The van der Waals surface area contributed by atoms with Crippen LogP contribution in [0.2, 0.25) is 0 Å². The molecule has 2 aliphatic rings. The lowest BCUT2D eigenvalue weighted by molar-refractivity contribution is -0.132. The molecule has 1 heterocycles. The molecule has 0 aromatic heterocycles. The fraction of sp³-hybridized carbons (Fsp3) is 0.364. The van der Waals surface area contributed by atoms with E-state index in [1.165, 1.54) is 0 Å². The number of ether oxygens (including phenoxy) is 1. The van der Waals surface area contributed by atoms with Gasteiger partial charge in [-0.05, 0) is 31.8 Å². The van der Waals surface area contributed by atoms with E-state index in [4.69, 9.17) is 4.74 Å². The summed E-state index contributed by atoms with van der Waals surface area (Å²) in [6.45, 7) is 1.97. The van der Waals surface area contributed by atoms with Crippen molar-refractivity contribution >= 4 is 5.97 Å². The first kappa shape index (κ1) is 8.30. The van der Waals surface area contributed by atoms with Crippen molar-refractivity contribution < 1.29 is 9.53 Å². The Morgan fingerprint density at radius 1 is 1.46 bits per heavy atom. The van der Waals surface area contributed by atoms with Gasteiger partial charge in [0.25, 0.3) is 0 Å². The predicted octanol–water partition coefficient (Wildman–Crippen LogP) is 2.48. The SMILES string of the molecule is C/C=C/C1=C2OC(=O)C=C2CCC1. The van der Waals surface area contributed by atoms with Crippen LogP contribution in [0.15, 0.2) is 35.1 Å². The summed E-state index contributed by atoms with van der Waals surface area (Å²) in [4.78, 5) is 11.0. The van der Waals surface area contributed by atoms with E-state index in [1.54, 1.807) is 6.08 Å². The summed E-state index contributed by atoms with van der Waals surface area (Å²) in [5.41, 5.74) is 2.23. The average Bonchev–Trinajstić information content (AvgIpc) is 2.47. The lowest BCUT2D eigenvalue weighted by Crippen LogP contribution is -2.01. The molecule has 2 heteroatoms. The van der Waals surface area contributed by atoms with Gasteiger partial charge in [-0.25, -0.2) is 4.79 Å². The number of hydrogen-bond donors (Lipinski definition) is 0. The highest BCUT2D eigenvalue weighted by atomic mass is 16.5. The molecular weight excluding hydrogens is 164 g/mol. The molecule has 1 aliphatic carbocycles. The second kappa shape index (κ2) is 3.21. The van der Waals surface area contributed by atoms with Crippen LogP contribution in [0.3, 0.4) is 0 Å². The third-order valence-electron chi connectivity index (χ3n) is 2.34. The van der Waals surface area contributed by atoms with E-state index < -0.39 is 0 Å². The molecule has 0 spiro atoms. The van der Waals surface area contributed by atoms with Crippen LogP contribution < -0.4 is 0 Å². The van der Waals surface area contributed by atoms with Crippen LogP contribution in [0.5, 0.6) is 0 Å². The van der Waals surface area contributed by atoms with Crippen LogP contribution in [0.25, 0.3) is 0 Å². The molecule has 0 bridgehead atoms. The van der Waals surface area contributed by atoms with E-state index in [0.29, 0.717) is 0 Å².